The molecule has 4 fully saturated rings. The molecular formula is C23H29N3O. The lowest BCUT2D eigenvalue weighted by molar-refractivity contribution is -0.00898. The summed E-state index contributed by atoms with van der Waals surface area (Å²) in [6, 6.07) is 16.5. The van der Waals surface area contributed by atoms with E-state index >= 15 is 0 Å². The van der Waals surface area contributed by atoms with Crippen molar-refractivity contribution in [3.05, 3.63) is 59.4 Å². The number of rotatable bonds is 4. The summed E-state index contributed by atoms with van der Waals surface area (Å²) in [5.41, 5.74) is 3.78. The summed E-state index contributed by atoms with van der Waals surface area (Å²) in [5.74, 6) is 2.36. The number of hydrogen-bond acceptors (Lipinski definition) is 4. The second-order valence-corrected chi connectivity index (χ2v) is 8.43. The summed E-state index contributed by atoms with van der Waals surface area (Å²) >= 11 is 0. The minimum atomic E-state index is 0.578. The number of likely N-dealkylation sites (tertiary alicyclic amines) is 1. The highest BCUT2D eigenvalue weighted by Crippen LogP contribution is 2.47. The van der Waals surface area contributed by atoms with E-state index < -0.39 is 0 Å². The van der Waals surface area contributed by atoms with Crippen molar-refractivity contribution < 1.29 is 4.74 Å². The number of nitrogens with zero attached hydrogens (tertiary/aromatic N) is 3. The molecular weight excluding hydrogens is 334 g/mol. The van der Waals surface area contributed by atoms with Crippen molar-refractivity contribution in [1.29, 1.82) is 0 Å². The average Bonchev–Trinajstić information content (AvgIpc) is 3.10. The van der Waals surface area contributed by atoms with Gasteiger partial charge in [-0.25, -0.2) is 0 Å². The third kappa shape index (κ3) is 3.05. The lowest BCUT2D eigenvalue weighted by atomic mass is 9.75. The first-order chi connectivity index (χ1) is 13.2. The van der Waals surface area contributed by atoms with Crippen molar-refractivity contribution in [2.75, 3.05) is 26.7 Å². The second-order valence-electron chi connectivity index (χ2n) is 8.43. The Morgan fingerprint density at radius 2 is 1.81 bits per heavy atom. The Kier molecular flexibility index (Phi) is 4.41. The molecule has 0 radical (unpaired) electrons. The Morgan fingerprint density at radius 1 is 1.04 bits per heavy atom. The molecule has 0 spiro atoms. The fraction of sp³-hybridized carbons (Fsp3) is 0.522. The first-order valence-corrected chi connectivity index (χ1v) is 10.3. The summed E-state index contributed by atoms with van der Waals surface area (Å²) < 4.78 is 5.37. The average molecular weight is 364 g/mol. The summed E-state index contributed by atoms with van der Waals surface area (Å²) in [6.45, 7) is 6.74. The third-order valence-corrected chi connectivity index (χ3v) is 6.95. The largest absolute Gasteiger partial charge is 0.497 e. The van der Waals surface area contributed by atoms with Crippen molar-refractivity contribution in [1.82, 2.24) is 14.8 Å². The van der Waals surface area contributed by atoms with E-state index in [0.717, 1.165) is 30.5 Å². The van der Waals surface area contributed by atoms with Crippen LogP contribution in [-0.2, 0) is 6.54 Å². The van der Waals surface area contributed by atoms with Gasteiger partial charge in [0.2, 0.25) is 0 Å². The van der Waals surface area contributed by atoms with E-state index in [1.807, 2.05) is 0 Å². The molecule has 0 N–H and O–H groups in total. The maximum Gasteiger partial charge on any atom is 0.118 e. The zero-order valence-electron chi connectivity index (χ0n) is 16.3. The van der Waals surface area contributed by atoms with Crippen molar-refractivity contribution in [3.63, 3.8) is 0 Å². The SMILES string of the molecule is COc1ccc([C@H]2CN(Cc3cccc(C)n3)[C@H]3C4CCN(CC4)[C@@H]23)cc1. The number of pyridine rings is 1. The van der Waals surface area contributed by atoms with Gasteiger partial charge >= 0.3 is 0 Å². The minimum absolute atomic E-state index is 0.578. The molecule has 4 nitrogen and oxygen atoms in total. The summed E-state index contributed by atoms with van der Waals surface area (Å²) in [5, 5.41) is 0. The molecule has 4 aliphatic heterocycles. The highest BCUT2D eigenvalue weighted by molar-refractivity contribution is 5.33. The first kappa shape index (κ1) is 17.2. The zero-order valence-corrected chi connectivity index (χ0v) is 16.3. The van der Waals surface area contributed by atoms with Gasteiger partial charge in [-0.1, -0.05) is 18.2 Å². The third-order valence-electron chi connectivity index (χ3n) is 6.95. The number of fused-ring (bicyclic) bond motifs is 2. The summed E-state index contributed by atoms with van der Waals surface area (Å²) in [7, 11) is 1.74. The van der Waals surface area contributed by atoms with Crippen LogP contribution in [0.5, 0.6) is 5.75 Å². The van der Waals surface area contributed by atoms with Gasteiger partial charge in [0.25, 0.3) is 0 Å². The number of methoxy groups -OCH3 is 1. The van der Waals surface area contributed by atoms with Crippen LogP contribution in [0.2, 0.25) is 0 Å². The maximum absolute atomic E-state index is 5.37. The van der Waals surface area contributed by atoms with Crippen LogP contribution in [0.4, 0.5) is 0 Å². The number of benzene rings is 1. The zero-order chi connectivity index (χ0) is 18.4. The smallest absolute Gasteiger partial charge is 0.118 e. The number of hydrogen-bond donors (Lipinski definition) is 0. The number of piperidine rings is 3. The Hall–Kier alpha value is -1.91. The Labute approximate surface area is 162 Å². The standard InChI is InChI=1S/C23H29N3O/c1-16-4-3-5-19(24-16)14-26-15-21(17-6-8-20(27-2)9-7-17)23-22(26)18-10-12-25(23)13-11-18/h3-9,18,21-23H,10-15H2,1-2H3/t21-,22+,23+/m1/s1. The first-order valence-electron chi connectivity index (χ1n) is 10.3. The predicted octanol–water partition coefficient (Wildman–Crippen LogP) is 3.46. The molecule has 1 aromatic carbocycles. The van der Waals surface area contributed by atoms with Gasteiger partial charge in [-0.15, -0.1) is 0 Å². The van der Waals surface area contributed by atoms with E-state index in [4.69, 9.17) is 9.72 Å². The van der Waals surface area contributed by atoms with Crippen molar-refractivity contribution >= 4 is 0 Å². The lowest BCUT2D eigenvalue weighted by Gasteiger charge is -2.51. The highest BCUT2D eigenvalue weighted by atomic mass is 16.5. The Bertz CT molecular complexity index is 798. The topological polar surface area (TPSA) is 28.6 Å². The van der Waals surface area contributed by atoms with Crippen LogP contribution < -0.4 is 4.74 Å². The van der Waals surface area contributed by atoms with E-state index in [9.17, 15) is 0 Å². The highest BCUT2D eigenvalue weighted by Gasteiger charge is 2.53. The van der Waals surface area contributed by atoms with Crippen LogP contribution in [0.15, 0.2) is 42.5 Å². The minimum Gasteiger partial charge on any atom is -0.497 e. The molecule has 0 amide bonds. The molecule has 0 saturated carbocycles. The fourth-order valence-corrected chi connectivity index (χ4v) is 5.76. The molecule has 1 aromatic heterocycles. The van der Waals surface area contributed by atoms with Crippen LogP contribution in [-0.4, -0.2) is 53.6 Å². The van der Waals surface area contributed by atoms with Crippen LogP contribution in [0, 0.1) is 12.8 Å². The van der Waals surface area contributed by atoms with Gasteiger partial charge in [0, 0.05) is 36.8 Å². The van der Waals surface area contributed by atoms with E-state index in [-0.39, 0.29) is 0 Å². The molecule has 27 heavy (non-hydrogen) atoms. The molecule has 0 aliphatic carbocycles. The van der Waals surface area contributed by atoms with Crippen molar-refractivity contribution in [2.24, 2.45) is 5.92 Å². The monoisotopic (exact) mass is 363 g/mol. The van der Waals surface area contributed by atoms with Gasteiger partial charge in [-0.05, 0) is 68.6 Å². The van der Waals surface area contributed by atoms with Crippen molar-refractivity contribution in [3.8, 4) is 5.75 Å². The van der Waals surface area contributed by atoms with Gasteiger partial charge in [0.05, 0.1) is 12.8 Å². The molecule has 142 valence electrons. The normalized spacial score (nSPS) is 32.4. The number of aromatic nitrogens is 1. The van der Waals surface area contributed by atoms with Gasteiger partial charge in [-0.3, -0.25) is 14.8 Å². The van der Waals surface area contributed by atoms with Crippen LogP contribution in [0.1, 0.15) is 35.7 Å². The van der Waals surface area contributed by atoms with E-state index in [2.05, 4.69) is 59.2 Å². The quantitative estimate of drug-likeness (QED) is 0.832. The van der Waals surface area contributed by atoms with Crippen LogP contribution in [0.25, 0.3) is 0 Å². The molecule has 0 unspecified atom stereocenters. The molecule has 4 heteroatoms. The molecule has 4 saturated heterocycles. The van der Waals surface area contributed by atoms with Crippen LogP contribution >= 0.6 is 0 Å². The molecule has 6 rings (SSSR count). The molecule has 2 bridgehead atoms. The van der Waals surface area contributed by atoms with Gasteiger partial charge < -0.3 is 4.74 Å². The number of ether oxygens (including phenoxy) is 1. The molecule has 3 atom stereocenters. The maximum atomic E-state index is 5.37. The van der Waals surface area contributed by atoms with E-state index in [1.165, 1.54) is 37.2 Å². The summed E-state index contributed by atoms with van der Waals surface area (Å²) in [4.78, 5) is 10.3. The number of aryl methyl sites for hydroxylation is 1. The van der Waals surface area contributed by atoms with Gasteiger partial charge in [0.15, 0.2) is 0 Å². The molecule has 2 aromatic rings. The lowest BCUT2D eigenvalue weighted by Crippen LogP contribution is -2.60. The molecule has 4 aliphatic rings. The summed E-state index contributed by atoms with van der Waals surface area (Å²) in [6.07, 6.45) is 2.71. The Morgan fingerprint density at radius 3 is 2.52 bits per heavy atom. The van der Waals surface area contributed by atoms with Crippen LogP contribution in [0.3, 0.4) is 0 Å². The van der Waals surface area contributed by atoms with Gasteiger partial charge in [-0.2, -0.15) is 0 Å². The molecule has 5 heterocycles. The van der Waals surface area contributed by atoms with E-state index in [0.29, 0.717) is 18.0 Å². The van der Waals surface area contributed by atoms with Crippen molar-refractivity contribution in [2.45, 2.75) is 44.3 Å². The predicted molar refractivity (Wildman–Crippen MR) is 107 cm³/mol. The van der Waals surface area contributed by atoms with E-state index in [1.54, 1.807) is 7.11 Å². The Balaban J connectivity index is 1.45. The second kappa shape index (κ2) is 6.92. The van der Waals surface area contributed by atoms with Gasteiger partial charge in [0.1, 0.15) is 5.75 Å². The fourth-order valence-electron chi connectivity index (χ4n) is 5.76.